The van der Waals surface area contributed by atoms with Crippen molar-refractivity contribution in [2.24, 2.45) is 0 Å². The number of aryl methyl sites for hydroxylation is 1. The molecule has 1 unspecified atom stereocenters. The van der Waals surface area contributed by atoms with Crippen molar-refractivity contribution < 1.29 is 4.92 Å². The van der Waals surface area contributed by atoms with E-state index in [1.807, 2.05) is 19.9 Å². The summed E-state index contributed by atoms with van der Waals surface area (Å²) in [5.74, 6) is 0.711. The fourth-order valence-electron chi connectivity index (χ4n) is 1.99. The largest absolute Gasteiger partial charge is 0.304 e. The third-order valence-corrected chi connectivity index (χ3v) is 3.02. The van der Waals surface area contributed by atoms with Gasteiger partial charge in [-0.15, -0.1) is 0 Å². The Morgan fingerprint density at radius 3 is 2.80 bits per heavy atom. The Morgan fingerprint density at radius 1 is 1.35 bits per heavy atom. The van der Waals surface area contributed by atoms with Crippen LogP contribution in [0.2, 0.25) is 0 Å². The molecule has 0 saturated heterocycles. The molecule has 0 saturated carbocycles. The standard InChI is InChI=1S/C14H16N4O2/c1-10(13-5-3-4-6-14(13)18(19)20)16-9-12-7-8-15-11(2)17-12/h3-8,10,16H,9H2,1-2H3. The Bertz CT molecular complexity index is 616. The number of nitro benzene ring substituents is 1. The number of nitrogens with zero attached hydrogens (tertiary/aromatic N) is 3. The summed E-state index contributed by atoms with van der Waals surface area (Å²) in [6.07, 6.45) is 1.70. The van der Waals surface area contributed by atoms with Gasteiger partial charge in [-0.05, 0) is 19.9 Å². The lowest BCUT2D eigenvalue weighted by molar-refractivity contribution is -0.385. The third-order valence-electron chi connectivity index (χ3n) is 3.02. The predicted octanol–water partition coefficient (Wildman–Crippen LogP) is 2.54. The fourth-order valence-corrected chi connectivity index (χ4v) is 1.99. The second kappa shape index (κ2) is 6.21. The summed E-state index contributed by atoms with van der Waals surface area (Å²) in [5, 5.41) is 14.2. The molecule has 1 atom stereocenters. The maximum atomic E-state index is 11.0. The summed E-state index contributed by atoms with van der Waals surface area (Å²) >= 11 is 0. The highest BCUT2D eigenvalue weighted by atomic mass is 16.6. The molecule has 0 aliphatic carbocycles. The average molecular weight is 272 g/mol. The lowest BCUT2D eigenvalue weighted by atomic mass is 10.1. The molecule has 0 bridgehead atoms. The molecule has 1 aromatic carbocycles. The number of nitrogens with one attached hydrogen (secondary N) is 1. The molecule has 6 heteroatoms. The Hall–Kier alpha value is -2.34. The first-order valence-electron chi connectivity index (χ1n) is 6.33. The van der Waals surface area contributed by atoms with E-state index >= 15 is 0 Å². The summed E-state index contributed by atoms with van der Waals surface area (Å²) in [5.41, 5.74) is 1.66. The normalized spacial score (nSPS) is 12.1. The Kier molecular flexibility index (Phi) is 4.37. The summed E-state index contributed by atoms with van der Waals surface area (Å²) in [7, 11) is 0. The molecule has 0 aliphatic heterocycles. The Morgan fingerprint density at radius 2 is 2.10 bits per heavy atom. The molecule has 104 valence electrons. The molecular formula is C14H16N4O2. The van der Waals surface area contributed by atoms with Crippen molar-refractivity contribution in [1.29, 1.82) is 0 Å². The van der Waals surface area contributed by atoms with Crippen LogP contribution >= 0.6 is 0 Å². The van der Waals surface area contributed by atoms with Gasteiger partial charge in [0, 0.05) is 30.4 Å². The molecule has 0 amide bonds. The maximum Gasteiger partial charge on any atom is 0.274 e. The van der Waals surface area contributed by atoms with Gasteiger partial charge in [0.25, 0.3) is 5.69 Å². The first-order valence-corrected chi connectivity index (χ1v) is 6.33. The molecule has 2 rings (SSSR count). The SMILES string of the molecule is Cc1nccc(CNC(C)c2ccccc2[N+](=O)[O-])n1. The van der Waals surface area contributed by atoms with Gasteiger partial charge in [0.1, 0.15) is 5.82 Å². The first kappa shape index (κ1) is 14.1. The van der Waals surface area contributed by atoms with Crippen LogP contribution in [0.1, 0.15) is 30.0 Å². The number of nitro groups is 1. The number of hydrogen-bond acceptors (Lipinski definition) is 5. The van der Waals surface area contributed by atoms with Crippen molar-refractivity contribution in [3.63, 3.8) is 0 Å². The monoisotopic (exact) mass is 272 g/mol. The average Bonchev–Trinajstić information content (AvgIpc) is 2.45. The summed E-state index contributed by atoms with van der Waals surface area (Å²) < 4.78 is 0. The second-order valence-corrected chi connectivity index (χ2v) is 4.51. The van der Waals surface area contributed by atoms with Gasteiger partial charge in [0.15, 0.2) is 0 Å². The smallest absolute Gasteiger partial charge is 0.274 e. The number of rotatable bonds is 5. The van der Waals surface area contributed by atoms with E-state index in [9.17, 15) is 10.1 Å². The van der Waals surface area contributed by atoms with Crippen LogP contribution in [0.25, 0.3) is 0 Å². The number of aromatic nitrogens is 2. The predicted molar refractivity (Wildman–Crippen MR) is 75.1 cm³/mol. The molecule has 2 aromatic rings. The molecular weight excluding hydrogens is 256 g/mol. The molecule has 0 fully saturated rings. The quantitative estimate of drug-likeness (QED) is 0.668. The minimum atomic E-state index is -0.359. The fraction of sp³-hybridized carbons (Fsp3) is 0.286. The van der Waals surface area contributed by atoms with Crippen molar-refractivity contribution in [2.75, 3.05) is 0 Å². The van der Waals surface area contributed by atoms with E-state index in [4.69, 9.17) is 0 Å². The molecule has 1 aromatic heterocycles. The van der Waals surface area contributed by atoms with E-state index in [0.717, 1.165) is 5.69 Å². The van der Waals surface area contributed by atoms with E-state index in [2.05, 4.69) is 15.3 Å². The minimum Gasteiger partial charge on any atom is -0.304 e. The van der Waals surface area contributed by atoms with E-state index in [-0.39, 0.29) is 16.7 Å². The lowest BCUT2D eigenvalue weighted by Crippen LogP contribution is -2.20. The first-order chi connectivity index (χ1) is 9.58. The number of benzene rings is 1. The Labute approximate surface area is 117 Å². The molecule has 1 N–H and O–H groups in total. The van der Waals surface area contributed by atoms with Crippen molar-refractivity contribution in [3.8, 4) is 0 Å². The van der Waals surface area contributed by atoms with Crippen LogP contribution in [0.5, 0.6) is 0 Å². The van der Waals surface area contributed by atoms with Crippen molar-refractivity contribution in [3.05, 3.63) is 63.7 Å². The topological polar surface area (TPSA) is 81.0 Å². The van der Waals surface area contributed by atoms with Crippen LogP contribution in [0, 0.1) is 17.0 Å². The number of para-hydroxylation sites is 1. The van der Waals surface area contributed by atoms with Gasteiger partial charge in [-0.2, -0.15) is 0 Å². The molecule has 6 nitrogen and oxygen atoms in total. The molecule has 0 radical (unpaired) electrons. The van der Waals surface area contributed by atoms with Crippen molar-refractivity contribution in [1.82, 2.24) is 15.3 Å². The van der Waals surface area contributed by atoms with Crippen LogP contribution in [0.15, 0.2) is 36.5 Å². The van der Waals surface area contributed by atoms with Crippen LogP contribution in [-0.4, -0.2) is 14.9 Å². The molecule has 1 heterocycles. The van der Waals surface area contributed by atoms with Gasteiger partial charge in [-0.1, -0.05) is 18.2 Å². The summed E-state index contributed by atoms with van der Waals surface area (Å²) in [6, 6.07) is 8.44. The zero-order chi connectivity index (χ0) is 14.5. The van der Waals surface area contributed by atoms with Crippen molar-refractivity contribution >= 4 is 5.69 Å². The van der Waals surface area contributed by atoms with Gasteiger partial charge >= 0.3 is 0 Å². The zero-order valence-electron chi connectivity index (χ0n) is 11.4. The third kappa shape index (κ3) is 3.36. The summed E-state index contributed by atoms with van der Waals surface area (Å²) in [4.78, 5) is 19.0. The van der Waals surface area contributed by atoms with E-state index < -0.39 is 0 Å². The van der Waals surface area contributed by atoms with Gasteiger partial charge in [-0.25, -0.2) is 9.97 Å². The lowest BCUT2D eigenvalue weighted by Gasteiger charge is -2.14. The Balaban J connectivity index is 2.09. The van der Waals surface area contributed by atoms with Gasteiger partial charge in [0.05, 0.1) is 10.6 Å². The highest BCUT2D eigenvalue weighted by molar-refractivity contribution is 5.41. The second-order valence-electron chi connectivity index (χ2n) is 4.51. The molecule has 0 spiro atoms. The van der Waals surface area contributed by atoms with E-state index in [1.165, 1.54) is 6.07 Å². The van der Waals surface area contributed by atoms with Crippen molar-refractivity contribution in [2.45, 2.75) is 26.4 Å². The van der Waals surface area contributed by atoms with E-state index in [0.29, 0.717) is 17.9 Å². The molecule has 0 aliphatic rings. The highest BCUT2D eigenvalue weighted by Crippen LogP contribution is 2.24. The van der Waals surface area contributed by atoms with Gasteiger partial charge in [0.2, 0.25) is 0 Å². The van der Waals surface area contributed by atoms with Crippen LogP contribution in [-0.2, 0) is 6.54 Å². The van der Waals surface area contributed by atoms with Gasteiger partial charge < -0.3 is 5.32 Å². The maximum absolute atomic E-state index is 11.0. The van der Waals surface area contributed by atoms with E-state index in [1.54, 1.807) is 24.4 Å². The van der Waals surface area contributed by atoms with Crippen LogP contribution in [0.3, 0.4) is 0 Å². The number of hydrogen-bond donors (Lipinski definition) is 1. The highest BCUT2D eigenvalue weighted by Gasteiger charge is 2.17. The van der Waals surface area contributed by atoms with Crippen LogP contribution in [0.4, 0.5) is 5.69 Å². The van der Waals surface area contributed by atoms with Crippen LogP contribution < -0.4 is 5.32 Å². The minimum absolute atomic E-state index is 0.131. The molecule has 20 heavy (non-hydrogen) atoms. The van der Waals surface area contributed by atoms with Gasteiger partial charge in [-0.3, -0.25) is 10.1 Å². The zero-order valence-corrected chi connectivity index (χ0v) is 11.4. The summed E-state index contributed by atoms with van der Waals surface area (Å²) in [6.45, 7) is 4.27.